The normalized spacial score (nSPS) is 12.3. The maximum atomic E-state index is 12.9. The van der Waals surface area contributed by atoms with Gasteiger partial charge < -0.3 is 14.8 Å². The number of rotatable bonds is 10. The minimum absolute atomic E-state index is 0.0272. The molecule has 65 heavy (non-hydrogen) atoms. The van der Waals surface area contributed by atoms with E-state index in [-0.39, 0.29) is 50.2 Å². The van der Waals surface area contributed by atoms with E-state index in [1.54, 1.807) is 92.7 Å². The molecule has 1 heterocycles. The van der Waals surface area contributed by atoms with Gasteiger partial charge in [0.15, 0.2) is 5.78 Å². The average molecular weight is 963 g/mol. The Bertz CT molecular complexity index is 2920. The molecule has 0 atom stereocenters. The van der Waals surface area contributed by atoms with E-state index in [0.29, 0.717) is 16.9 Å². The van der Waals surface area contributed by atoms with E-state index in [9.17, 15) is 39.6 Å². The third kappa shape index (κ3) is 12.6. The molecule has 0 fully saturated rings. The van der Waals surface area contributed by atoms with Crippen LogP contribution in [0.15, 0.2) is 172 Å². The molecule has 0 aromatic heterocycles. The van der Waals surface area contributed by atoms with Crippen molar-refractivity contribution in [3.05, 3.63) is 180 Å². The first-order chi connectivity index (χ1) is 31.0. The molecule has 342 valence electrons. The minimum Gasteiger partial charge on any atom is -0.465 e. The van der Waals surface area contributed by atoms with Gasteiger partial charge in [-0.2, -0.15) is 0 Å². The Morgan fingerprint density at radius 1 is 0.631 bits per heavy atom. The van der Waals surface area contributed by atoms with Gasteiger partial charge in [-0.3, -0.25) is 13.4 Å². The maximum absolute atomic E-state index is 12.9. The van der Waals surface area contributed by atoms with Crippen LogP contribution in [0.5, 0.6) is 0 Å². The number of carbonyl (C=O) groups excluding carboxylic acids is 3. The summed E-state index contributed by atoms with van der Waals surface area (Å²) >= 11 is 0. The van der Waals surface area contributed by atoms with Crippen LogP contribution >= 0.6 is 10.7 Å². The van der Waals surface area contributed by atoms with Crippen molar-refractivity contribution in [3.8, 4) is 0 Å². The number of hydrogen-bond acceptors (Lipinski definition) is 12. The number of anilines is 3. The molecule has 1 aliphatic rings. The Labute approximate surface area is 384 Å². The summed E-state index contributed by atoms with van der Waals surface area (Å²) in [5, 5.41) is 3.21. The second kappa shape index (κ2) is 23.4. The summed E-state index contributed by atoms with van der Waals surface area (Å²) in [7, 11) is -3.96. The van der Waals surface area contributed by atoms with Crippen LogP contribution in [0.1, 0.15) is 57.4 Å². The molecule has 6 aromatic carbocycles. The lowest BCUT2D eigenvalue weighted by molar-refractivity contribution is 0.0587. The van der Waals surface area contributed by atoms with Crippen LogP contribution in [-0.4, -0.2) is 76.8 Å². The number of hydrogen-bond donors (Lipinski definition) is 1. The molecule has 0 saturated carbocycles. The summed E-state index contributed by atoms with van der Waals surface area (Å²) in [6.45, 7) is 7.11. The molecular weight excluding hydrogens is 914 g/mol. The van der Waals surface area contributed by atoms with E-state index in [1.807, 2.05) is 24.3 Å². The largest absolute Gasteiger partial charge is 0.465 e. The van der Waals surface area contributed by atoms with E-state index in [0.717, 1.165) is 6.54 Å². The first-order valence-corrected chi connectivity index (χ1v) is 25.1. The van der Waals surface area contributed by atoms with Gasteiger partial charge in [-0.15, -0.1) is 0 Å². The number of fused-ring (bicyclic) bond motifs is 2. The third-order valence-electron chi connectivity index (χ3n) is 9.31. The SMILES string of the molecule is CCN(c1ccccc1)S(=O)(=O)c1ccccc1C(=O)OC.CCN1c2ccccc2C(=O)c2ccccc2S1(=O)=O.CCNc1ccccc1.COC(=O)c1ccccc1S(=O)(=O)Cl. The number of nitrogens with one attached hydrogen (secondary N) is 1. The molecule has 7 rings (SSSR count). The summed E-state index contributed by atoms with van der Waals surface area (Å²) in [5.41, 5.74) is 2.80. The van der Waals surface area contributed by atoms with Crippen LogP contribution in [0.2, 0.25) is 0 Å². The highest BCUT2D eigenvalue weighted by Gasteiger charge is 2.35. The fourth-order valence-corrected chi connectivity index (χ4v) is 10.8. The van der Waals surface area contributed by atoms with E-state index >= 15 is 0 Å². The lowest BCUT2D eigenvalue weighted by atomic mass is 10.0. The highest BCUT2D eigenvalue weighted by molar-refractivity contribution is 8.13. The van der Waals surface area contributed by atoms with Crippen molar-refractivity contribution in [2.24, 2.45) is 0 Å². The minimum atomic E-state index is -3.92. The highest BCUT2D eigenvalue weighted by Crippen LogP contribution is 2.34. The van der Waals surface area contributed by atoms with E-state index in [2.05, 4.69) is 33.8 Å². The van der Waals surface area contributed by atoms with Gasteiger partial charge in [-0.1, -0.05) is 84.9 Å². The molecule has 0 bridgehead atoms. The number of benzene rings is 6. The molecule has 0 spiro atoms. The number of methoxy groups -OCH3 is 2. The molecule has 6 aromatic rings. The Balaban J connectivity index is 0.000000198. The Morgan fingerprint density at radius 3 is 1.62 bits per heavy atom. The molecule has 0 amide bonds. The van der Waals surface area contributed by atoms with Crippen LogP contribution in [0.3, 0.4) is 0 Å². The number of ketones is 1. The van der Waals surface area contributed by atoms with Gasteiger partial charge in [-0.05, 0) is 93.6 Å². The second-order valence-corrected chi connectivity index (χ2v) is 19.5. The zero-order valence-corrected chi connectivity index (χ0v) is 39.3. The van der Waals surface area contributed by atoms with Crippen LogP contribution in [0.25, 0.3) is 0 Å². The molecule has 1 aliphatic heterocycles. The number of para-hydroxylation sites is 3. The van der Waals surface area contributed by atoms with Crippen LogP contribution in [0.4, 0.5) is 17.1 Å². The number of ether oxygens (including phenoxy) is 2. The number of nitrogens with zero attached hydrogens (tertiary/aromatic N) is 2. The maximum Gasteiger partial charge on any atom is 0.339 e. The molecular formula is C47H48ClN3O11S3. The lowest BCUT2D eigenvalue weighted by Crippen LogP contribution is -2.32. The zero-order chi connectivity index (χ0) is 47.8. The standard InChI is InChI=1S/C16H17NO4S.C15H13NO3S.C8H7ClO4S.C8H11N/c1-3-17(13-9-5-4-6-10-13)22(19,20)15-12-8-7-11-14(15)16(18)21-2;1-2-16-13-9-5-3-7-11(13)15(17)12-8-4-6-10-14(12)20(16,18)19;1-13-8(10)6-4-2-3-5-7(6)14(9,11)12;1-2-9-8-6-4-3-5-7-8/h4-12H,3H2,1-2H3;3-10H,2H2,1H3;2-5H,1H3;3-7,9H,2H2,1H3. The first-order valence-electron chi connectivity index (χ1n) is 19.9. The van der Waals surface area contributed by atoms with E-state index < -0.39 is 41.0 Å². The van der Waals surface area contributed by atoms with Crippen molar-refractivity contribution in [1.29, 1.82) is 0 Å². The Kier molecular flexibility index (Phi) is 18.4. The van der Waals surface area contributed by atoms with Gasteiger partial charge in [0.2, 0.25) is 0 Å². The van der Waals surface area contributed by atoms with Crippen molar-refractivity contribution in [2.75, 3.05) is 47.8 Å². The lowest BCUT2D eigenvalue weighted by Gasteiger charge is -2.23. The molecule has 0 radical (unpaired) electrons. The quantitative estimate of drug-likeness (QED) is 0.102. The molecule has 18 heteroatoms. The zero-order valence-electron chi connectivity index (χ0n) is 36.1. The highest BCUT2D eigenvalue weighted by atomic mass is 35.7. The van der Waals surface area contributed by atoms with E-state index in [1.165, 1.54) is 71.0 Å². The van der Waals surface area contributed by atoms with Crippen LogP contribution < -0.4 is 13.9 Å². The fraction of sp³-hybridized carbons (Fsp3) is 0.170. The molecule has 0 saturated heterocycles. The molecule has 0 unspecified atom stereocenters. The van der Waals surface area contributed by atoms with Crippen LogP contribution in [0, 0.1) is 0 Å². The summed E-state index contributed by atoms with van der Waals surface area (Å²) < 4.78 is 85.0. The summed E-state index contributed by atoms with van der Waals surface area (Å²) in [4.78, 5) is 35.3. The predicted octanol–water partition coefficient (Wildman–Crippen LogP) is 8.65. The second-order valence-electron chi connectivity index (χ2n) is 13.3. The van der Waals surface area contributed by atoms with E-state index in [4.69, 9.17) is 10.7 Å². The number of halogens is 1. The summed E-state index contributed by atoms with van der Waals surface area (Å²) in [6.07, 6.45) is 0. The number of sulfonamides is 2. The molecule has 14 nitrogen and oxygen atoms in total. The van der Waals surface area contributed by atoms with Crippen molar-refractivity contribution in [1.82, 2.24) is 0 Å². The van der Waals surface area contributed by atoms with Crippen molar-refractivity contribution in [3.63, 3.8) is 0 Å². The fourth-order valence-electron chi connectivity index (χ4n) is 6.39. The summed E-state index contributed by atoms with van der Waals surface area (Å²) in [5.74, 6) is -1.66. The monoisotopic (exact) mass is 961 g/mol. The topological polar surface area (TPSA) is 191 Å². The van der Waals surface area contributed by atoms with Gasteiger partial charge in [-0.25, -0.2) is 34.8 Å². The summed E-state index contributed by atoms with van der Waals surface area (Å²) in [6, 6.07) is 43.7. The van der Waals surface area contributed by atoms with Gasteiger partial charge in [0, 0.05) is 47.1 Å². The van der Waals surface area contributed by atoms with Crippen LogP contribution in [-0.2, 0) is 38.6 Å². The smallest absolute Gasteiger partial charge is 0.339 e. The number of esters is 2. The third-order valence-corrected chi connectivity index (χ3v) is 14.6. The van der Waals surface area contributed by atoms with Gasteiger partial charge in [0.1, 0.15) is 4.90 Å². The first kappa shape index (κ1) is 51.1. The van der Waals surface area contributed by atoms with Crippen molar-refractivity contribution < 1.29 is 49.1 Å². The van der Waals surface area contributed by atoms with Crippen molar-refractivity contribution in [2.45, 2.75) is 35.5 Å². The molecule has 0 aliphatic carbocycles. The van der Waals surface area contributed by atoms with Gasteiger partial charge in [0.25, 0.3) is 29.1 Å². The Morgan fingerprint density at radius 2 is 1.09 bits per heavy atom. The molecule has 1 N–H and O–H groups in total. The average Bonchev–Trinajstić information content (AvgIpc) is 3.39. The van der Waals surface area contributed by atoms with Crippen molar-refractivity contribution >= 4 is 74.6 Å². The van der Waals surface area contributed by atoms with Gasteiger partial charge >= 0.3 is 11.9 Å². The number of carbonyl (C=O) groups is 3. The van der Waals surface area contributed by atoms with Gasteiger partial charge in [0.05, 0.1) is 46.5 Å². The Hall–Kier alpha value is -6.53. The predicted molar refractivity (Wildman–Crippen MR) is 252 cm³/mol.